The number of halogens is 3. The van der Waals surface area contributed by atoms with Gasteiger partial charge in [0.2, 0.25) is 5.91 Å². The second-order valence-electron chi connectivity index (χ2n) is 2.03. The third-order valence-electron chi connectivity index (χ3n) is 0.821. The summed E-state index contributed by atoms with van der Waals surface area (Å²) in [7, 11) is 0. The molecule has 0 aliphatic carbocycles. The van der Waals surface area contributed by atoms with E-state index in [1.54, 1.807) is 0 Å². The van der Waals surface area contributed by atoms with Crippen LogP contribution in [0.5, 0.6) is 0 Å². The van der Waals surface area contributed by atoms with E-state index >= 15 is 0 Å². The molecule has 1 amide bonds. The average Bonchev–Trinajstić information content (AvgIpc) is 1.79. The van der Waals surface area contributed by atoms with Crippen LogP contribution < -0.4 is 11.1 Å². The Bertz CT molecular complexity index is 192. The van der Waals surface area contributed by atoms with Crippen LogP contribution in [0.2, 0.25) is 0 Å². The molecule has 0 saturated carbocycles. The van der Waals surface area contributed by atoms with E-state index in [-0.39, 0.29) is 11.5 Å². The lowest BCUT2D eigenvalue weighted by Gasteiger charge is -2.06. The molecular formula is C5H7F3N2OS. The predicted octanol–water partition coefficient (Wildman–Crippen LogP) is 0.341. The van der Waals surface area contributed by atoms with Crippen molar-refractivity contribution in [2.45, 2.75) is 12.6 Å². The molecule has 0 aromatic carbocycles. The smallest absolute Gasteiger partial charge is 0.392 e. The lowest BCUT2D eigenvalue weighted by molar-refractivity contribution is -0.153. The zero-order chi connectivity index (χ0) is 9.78. The maximum atomic E-state index is 11.5. The largest absolute Gasteiger partial charge is 0.397 e. The van der Waals surface area contributed by atoms with Crippen molar-refractivity contribution in [2.75, 3.05) is 6.54 Å². The van der Waals surface area contributed by atoms with E-state index in [4.69, 9.17) is 5.73 Å². The predicted molar refractivity (Wildman–Crippen MR) is 40.5 cm³/mol. The minimum atomic E-state index is -4.49. The van der Waals surface area contributed by atoms with Gasteiger partial charge < -0.3 is 11.1 Å². The zero-order valence-electron chi connectivity index (χ0n) is 5.94. The topological polar surface area (TPSA) is 55.1 Å². The minimum Gasteiger partial charge on any atom is -0.392 e. The first-order valence-electron chi connectivity index (χ1n) is 2.93. The summed E-state index contributed by atoms with van der Waals surface area (Å²) in [4.78, 5) is 10.4. The number of carbonyl (C=O) groups is 1. The number of thiocarbonyl (C=S) groups is 1. The van der Waals surface area contributed by atoms with Gasteiger partial charge in [0.25, 0.3) is 0 Å². The van der Waals surface area contributed by atoms with E-state index in [1.807, 2.05) is 5.32 Å². The summed E-state index contributed by atoms with van der Waals surface area (Å²) in [5.74, 6) is -1.13. The van der Waals surface area contributed by atoms with E-state index in [1.165, 1.54) is 0 Å². The summed E-state index contributed by atoms with van der Waals surface area (Å²) >= 11 is 4.34. The lowest BCUT2D eigenvalue weighted by Crippen LogP contribution is -2.34. The highest BCUT2D eigenvalue weighted by atomic mass is 32.1. The molecule has 0 spiro atoms. The van der Waals surface area contributed by atoms with Crippen molar-refractivity contribution in [2.24, 2.45) is 5.73 Å². The van der Waals surface area contributed by atoms with Crippen LogP contribution in [0.25, 0.3) is 0 Å². The van der Waals surface area contributed by atoms with Crippen LogP contribution in [0.3, 0.4) is 0 Å². The Balaban J connectivity index is 3.68. The number of amides is 1. The first-order chi connectivity index (χ1) is 5.31. The van der Waals surface area contributed by atoms with Crippen LogP contribution >= 0.6 is 12.2 Å². The van der Waals surface area contributed by atoms with Gasteiger partial charge in [-0.15, -0.1) is 0 Å². The Labute approximate surface area is 72.1 Å². The van der Waals surface area contributed by atoms with Gasteiger partial charge in [0, 0.05) is 0 Å². The monoisotopic (exact) mass is 200 g/mol. The van der Waals surface area contributed by atoms with Crippen LogP contribution in [0.15, 0.2) is 0 Å². The first-order valence-corrected chi connectivity index (χ1v) is 3.34. The molecular weight excluding hydrogens is 193 g/mol. The van der Waals surface area contributed by atoms with Gasteiger partial charge in [-0.05, 0) is 0 Å². The van der Waals surface area contributed by atoms with Crippen molar-refractivity contribution < 1.29 is 18.0 Å². The van der Waals surface area contributed by atoms with Gasteiger partial charge in [0.05, 0.1) is 11.5 Å². The number of nitrogens with one attached hydrogen (secondary N) is 1. The molecule has 0 aliphatic rings. The molecule has 3 nitrogen and oxygen atoms in total. The number of hydrogen-bond donors (Lipinski definition) is 2. The van der Waals surface area contributed by atoms with Crippen LogP contribution in [0.4, 0.5) is 13.2 Å². The molecule has 0 rings (SSSR count). The number of alkyl halides is 3. The highest BCUT2D eigenvalue weighted by Crippen LogP contribution is 2.18. The molecule has 70 valence electrons. The highest BCUT2D eigenvalue weighted by molar-refractivity contribution is 7.80. The summed E-state index contributed by atoms with van der Waals surface area (Å²) < 4.78 is 34.5. The fraction of sp³-hybridized carbons (Fsp3) is 0.600. The van der Waals surface area contributed by atoms with E-state index < -0.39 is 18.5 Å². The minimum absolute atomic E-state index is 0.0504. The summed E-state index contributed by atoms with van der Waals surface area (Å²) in [5, 5.41) is 1.91. The van der Waals surface area contributed by atoms with Gasteiger partial charge in [-0.1, -0.05) is 12.2 Å². The molecule has 0 aliphatic heterocycles. The molecule has 0 fully saturated rings. The van der Waals surface area contributed by atoms with Crippen LogP contribution in [-0.2, 0) is 4.79 Å². The van der Waals surface area contributed by atoms with Crippen LogP contribution in [-0.4, -0.2) is 23.6 Å². The number of nitrogens with two attached hydrogens (primary N) is 1. The fourth-order valence-corrected chi connectivity index (χ4v) is 0.502. The first kappa shape index (κ1) is 11.2. The van der Waals surface area contributed by atoms with Gasteiger partial charge in [0.1, 0.15) is 6.42 Å². The Morgan fingerprint density at radius 2 is 2.00 bits per heavy atom. The number of rotatable bonds is 3. The molecule has 7 heteroatoms. The molecule has 0 aromatic rings. The Morgan fingerprint density at radius 3 is 2.33 bits per heavy atom. The molecule has 0 unspecified atom stereocenters. The third-order valence-corrected chi connectivity index (χ3v) is 0.965. The number of hydrogen-bond acceptors (Lipinski definition) is 2. The fourth-order valence-electron chi connectivity index (χ4n) is 0.430. The lowest BCUT2D eigenvalue weighted by atomic mass is 10.4. The molecule has 0 bridgehead atoms. The van der Waals surface area contributed by atoms with E-state index in [2.05, 4.69) is 12.2 Å². The molecule has 12 heavy (non-hydrogen) atoms. The highest BCUT2D eigenvalue weighted by Gasteiger charge is 2.30. The molecule has 0 heterocycles. The van der Waals surface area contributed by atoms with Gasteiger partial charge in [0.15, 0.2) is 0 Å². The quantitative estimate of drug-likeness (QED) is 0.646. The maximum Gasteiger partial charge on any atom is 0.397 e. The SMILES string of the molecule is NC(=S)CNC(=O)CC(F)(F)F. The molecule has 3 N–H and O–H groups in total. The van der Waals surface area contributed by atoms with Crippen molar-refractivity contribution in [1.82, 2.24) is 5.32 Å². The summed E-state index contributed by atoms with van der Waals surface area (Å²) in [5.41, 5.74) is 4.94. The maximum absolute atomic E-state index is 11.5. The second-order valence-corrected chi connectivity index (χ2v) is 2.56. The third kappa shape index (κ3) is 7.26. The Hall–Kier alpha value is -0.850. The zero-order valence-corrected chi connectivity index (χ0v) is 6.76. The van der Waals surface area contributed by atoms with Crippen molar-refractivity contribution >= 4 is 23.1 Å². The number of carbonyl (C=O) groups excluding carboxylic acids is 1. The van der Waals surface area contributed by atoms with Gasteiger partial charge in [-0.3, -0.25) is 4.79 Å². The second kappa shape index (κ2) is 4.24. The molecule has 0 atom stereocenters. The van der Waals surface area contributed by atoms with E-state index in [9.17, 15) is 18.0 Å². The normalized spacial score (nSPS) is 10.9. The molecule has 0 aromatic heterocycles. The van der Waals surface area contributed by atoms with Crippen molar-refractivity contribution in [3.05, 3.63) is 0 Å². The Kier molecular flexibility index (Phi) is 3.94. The van der Waals surface area contributed by atoms with Gasteiger partial charge >= 0.3 is 6.18 Å². The van der Waals surface area contributed by atoms with E-state index in [0.29, 0.717) is 0 Å². The molecule has 0 saturated heterocycles. The van der Waals surface area contributed by atoms with Gasteiger partial charge in [-0.25, -0.2) is 0 Å². The van der Waals surface area contributed by atoms with Crippen molar-refractivity contribution in [3.63, 3.8) is 0 Å². The van der Waals surface area contributed by atoms with E-state index in [0.717, 1.165) is 0 Å². The average molecular weight is 200 g/mol. The van der Waals surface area contributed by atoms with Crippen molar-refractivity contribution in [3.8, 4) is 0 Å². The van der Waals surface area contributed by atoms with Crippen LogP contribution in [0, 0.1) is 0 Å². The summed E-state index contributed by atoms with van der Waals surface area (Å²) in [6.45, 7) is -0.204. The summed E-state index contributed by atoms with van der Waals surface area (Å²) in [6.07, 6.45) is -5.99. The van der Waals surface area contributed by atoms with Crippen LogP contribution in [0.1, 0.15) is 6.42 Å². The van der Waals surface area contributed by atoms with Gasteiger partial charge in [-0.2, -0.15) is 13.2 Å². The Morgan fingerprint density at radius 1 is 1.50 bits per heavy atom. The standard InChI is InChI=1S/C5H7F3N2OS/c6-5(7,8)1-4(11)10-2-3(9)12/h1-2H2,(H2,9,12)(H,10,11). The van der Waals surface area contributed by atoms with Crippen molar-refractivity contribution in [1.29, 1.82) is 0 Å². The molecule has 0 radical (unpaired) electrons. The summed E-state index contributed by atoms with van der Waals surface area (Å²) in [6, 6.07) is 0.